The van der Waals surface area contributed by atoms with Gasteiger partial charge in [0.05, 0.1) is 6.61 Å². The van der Waals surface area contributed by atoms with E-state index in [4.69, 9.17) is 16.3 Å². The molecule has 180 valence electrons. The van der Waals surface area contributed by atoms with E-state index in [1.165, 1.54) is 17.4 Å². The van der Waals surface area contributed by atoms with Crippen molar-refractivity contribution in [3.8, 4) is 17.2 Å². The minimum atomic E-state index is -0.602. The topological polar surface area (TPSA) is 82.4 Å². The molecule has 0 radical (unpaired) electrons. The number of amides is 1. The van der Waals surface area contributed by atoms with E-state index >= 15 is 0 Å². The van der Waals surface area contributed by atoms with Gasteiger partial charge < -0.3 is 15.0 Å². The number of nitrogens with one attached hydrogen (secondary N) is 1. The number of hydrogen-bond acceptors (Lipinski definition) is 6. The Labute approximate surface area is 214 Å². The molecule has 0 fully saturated rings. The molecule has 1 aromatic heterocycles. The SMILES string of the molecule is CCOC(=O)c1c(-c2ccc(Cl)cc2)csc1NC(=O)C(C#N)=Cc1ccc(N(CC)CC)cc1. The van der Waals surface area contributed by atoms with Crippen molar-refractivity contribution in [3.63, 3.8) is 0 Å². The Bertz CT molecular complexity index is 1250. The maximum atomic E-state index is 13.0. The molecule has 0 bridgehead atoms. The Morgan fingerprint density at radius 2 is 1.74 bits per heavy atom. The van der Waals surface area contributed by atoms with Gasteiger partial charge in [-0.2, -0.15) is 5.26 Å². The molecule has 3 rings (SSSR count). The molecule has 1 amide bonds. The van der Waals surface area contributed by atoms with Crippen LogP contribution in [0.2, 0.25) is 5.02 Å². The predicted octanol–water partition coefficient (Wildman–Crippen LogP) is 6.64. The number of nitrogens with zero attached hydrogens (tertiary/aromatic N) is 2. The van der Waals surface area contributed by atoms with Gasteiger partial charge >= 0.3 is 5.97 Å². The number of ether oxygens (including phenoxy) is 1. The van der Waals surface area contributed by atoms with E-state index < -0.39 is 11.9 Å². The predicted molar refractivity (Wildman–Crippen MR) is 143 cm³/mol. The zero-order valence-corrected chi connectivity index (χ0v) is 21.4. The monoisotopic (exact) mass is 507 g/mol. The number of benzene rings is 2. The molecule has 3 aromatic rings. The van der Waals surface area contributed by atoms with Crippen molar-refractivity contribution in [1.82, 2.24) is 0 Å². The summed E-state index contributed by atoms with van der Waals surface area (Å²) in [5.41, 5.74) is 3.35. The van der Waals surface area contributed by atoms with Crippen molar-refractivity contribution in [2.45, 2.75) is 20.8 Å². The van der Waals surface area contributed by atoms with E-state index in [2.05, 4.69) is 24.1 Å². The van der Waals surface area contributed by atoms with Crippen molar-refractivity contribution in [2.24, 2.45) is 0 Å². The number of carbonyl (C=O) groups is 2. The van der Waals surface area contributed by atoms with Gasteiger partial charge in [0, 0.05) is 34.7 Å². The fourth-order valence-corrected chi connectivity index (χ4v) is 4.63. The number of esters is 1. The van der Waals surface area contributed by atoms with Gasteiger partial charge in [-0.15, -0.1) is 11.3 Å². The van der Waals surface area contributed by atoms with Gasteiger partial charge in [0.25, 0.3) is 5.91 Å². The Kier molecular flexibility index (Phi) is 9.07. The number of rotatable bonds is 9. The number of hydrogen-bond donors (Lipinski definition) is 1. The lowest BCUT2D eigenvalue weighted by atomic mass is 10.0. The fraction of sp³-hybridized carbons (Fsp3) is 0.222. The van der Waals surface area contributed by atoms with Crippen LogP contribution in [0.15, 0.2) is 59.5 Å². The van der Waals surface area contributed by atoms with Crippen LogP contribution in [0.3, 0.4) is 0 Å². The molecule has 0 atom stereocenters. The van der Waals surface area contributed by atoms with Crippen molar-refractivity contribution in [2.75, 3.05) is 29.9 Å². The quantitative estimate of drug-likeness (QED) is 0.199. The van der Waals surface area contributed by atoms with Crippen LogP contribution in [0.5, 0.6) is 0 Å². The Morgan fingerprint density at radius 3 is 2.31 bits per heavy atom. The first-order chi connectivity index (χ1) is 16.9. The van der Waals surface area contributed by atoms with E-state index in [9.17, 15) is 14.9 Å². The highest BCUT2D eigenvalue weighted by molar-refractivity contribution is 7.15. The van der Waals surface area contributed by atoms with E-state index in [0.717, 1.165) is 29.9 Å². The molecule has 0 aliphatic heterocycles. The number of thiophene rings is 1. The first-order valence-electron chi connectivity index (χ1n) is 11.2. The lowest BCUT2D eigenvalue weighted by Crippen LogP contribution is -2.21. The van der Waals surface area contributed by atoms with Crippen LogP contribution in [0, 0.1) is 11.3 Å². The van der Waals surface area contributed by atoms with Crippen molar-refractivity contribution in [3.05, 3.63) is 75.6 Å². The van der Waals surface area contributed by atoms with Crippen LogP contribution < -0.4 is 10.2 Å². The molecular formula is C27H26ClN3O3S. The van der Waals surface area contributed by atoms with Crippen LogP contribution in [0.1, 0.15) is 36.7 Å². The zero-order chi connectivity index (χ0) is 25.4. The summed E-state index contributed by atoms with van der Waals surface area (Å²) >= 11 is 7.19. The third-order valence-electron chi connectivity index (χ3n) is 5.35. The minimum Gasteiger partial charge on any atom is -0.462 e. The highest BCUT2D eigenvalue weighted by Gasteiger charge is 2.23. The summed E-state index contributed by atoms with van der Waals surface area (Å²) in [6.45, 7) is 7.85. The maximum Gasteiger partial charge on any atom is 0.341 e. The van der Waals surface area contributed by atoms with Crippen molar-refractivity contribution >= 4 is 51.6 Å². The maximum absolute atomic E-state index is 13.0. The van der Waals surface area contributed by atoms with Crippen LogP contribution >= 0.6 is 22.9 Å². The van der Waals surface area contributed by atoms with Crippen LogP contribution in [-0.2, 0) is 9.53 Å². The fourth-order valence-electron chi connectivity index (χ4n) is 3.55. The second-order valence-corrected chi connectivity index (χ2v) is 8.78. The van der Waals surface area contributed by atoms with Gasteiger partial charge in [-0.05, 0) is 62.2 Å². The summed E-state index contributed by atoms with van der Waals surface area (Å²) in [6, 6.07) is 16.7. The molecule has 1 N–H and O–H groups in total. The lowest BCUT2D eigenvalue weighted by molar-refractivity contribution is -0.112. The normalized spacial score (nSPS) is 11.0. The third kappa shape index (κ3) is 6.30. The van der Waals surface area contributed by atoms with Crippen molar-refractivity contribution < 1.29 is 14.3 Å². The zero-order valence-electron chi connectivity index (χ0n) is 19.8. The average Bonchev–Trinajstić information content (AvgIpc) is 3.28. The van der Waals surface area contributed by atoms with Gasteiger partial charge in [-0.3, -0.25) is 4.79 Å². The molecule has 6 nitrogen and oxygen atoms in total. The Balaban J connectivity index is 1.89. The molecule has 0 unspecified atom stereocenters. The molecule has 2 aromatic carbocycles. The molecule has 0 saturated heterocycles. The largest absolute Gasteiger partial charge is 0.462 e. The molecule has 8 heteroatoms. The van der Waals surface area contributed by atoms with Crippen molar-refractivity contribution in [1.29, 1.82) is 5.26 Å². The first kappa shape index (κ1) is 26.0. The van der Waals surface area contributed by atoms with E-state index in [-0.39, 0.29) is 17.7 Å². The molecule has 1 heterocycles. The molecular weight excluding hydrogens is 482 g/mol. The molecule has 0 aliphatic carbocycles. The highest BCUT2D eigenvalue weighted by atomic mass is 35.5. The van der Waals surface area contributed by atoms with Crippen LogP contribution in [0.4, 0.5) is 10.7 Å². The van der Waals surface area contributed by atoms with E-state index in [0.29, 0.717) is 15.6 Å². The second-order valence-electron chi connectivity index (χ2n) is 7.47. The molecule has 0 spiro atoms. The third-order valence-corrected chi connectivity index (χ3v) is 6.50. The number of anilines is 2. The summed E-state index contributed by atoms with van der Waals surface area (Å²) in [4.78, 5) is 27.9. The lowest BCUT2D eigenvalue weighted by Gasteiger charge is -2.20. The standard InChI is InChI=1S/C27H26ClN3O3S/c1-4-31(5-2)22-13-7-18(8-14-22)15-20(16-29)25(32)30-26-24(27(33)34-6-3)23(17-35-26)19-9-11-21(28)12-10-19/h7-15,17H,4-6H2,1-3H3,(H,30,32). The smallest absolute Gasteiger partial charge is 0.341 e. The van der Waals surface area contributed by atoms with Crippen LogP contribution in [0.25, 0.3) is 17.2 Å². The Hall–Kier alpha value is -3.60. The number of nitriles is 1. The number of carbonyl (C=O) groups excluding carboxylic acids is 2. The minimum absolute atomic E-state index is 0.0724. The van der Waals surface area contributed by atoms with Gasteiger partial charge in [0.2, 0.25) is 0 Å². The van der Waals surface area contributed by atoms with Gasteiger partial charge in [0.15, 0.2) is 0 Å². The van der Waals surface area contributed by atoms with Crippen LogP contribution in [-0.4, -0.2) is 31.6 Å². The average molecular weight is 508 g/mol. The summed E-state index contributed by atoms with van der Waals surface area (Å²) in [5.74, 6) is -1.15. The second kappa shape index (κ2) is 12.2. The van der Waals surface area contributed by atoms with Gasteiger partial charge in [-0.25, -0.2) is 4.79 Å². The summed E-state index contributed by atoms with van der Waals surface area (Å²) in [7, 11) is 0. The van der Waals surface area contributed by atoms with Gasteiger partial charge in [0.1, 0.15) is 22.2 Å². The summed E-state index contributed by atoms with van der Waals surface area (Å²) < 4.78 is 5.23. The summed E-state index contributed by atoms with van der Waals surface area (Å²) in [5, 5.41) is 15.0. The number of halogens is 1. The summed E-state index contributed by atoms with van der Waals surface area (Å²) in [6.07, 6.45) is 1.53. The first-order valence-corrected chi connectivity index (χ1v) is 12.5. The van der Waals surface area contributed by atoms with E-state index in [1.807, 2.05) is 30.3 Å². The Morgan fingerprint density at radius 1 is 1.09 bits per heavy atom. The van der Waals surface area contributed by atoms with Gasteiger partial charge in [-0.1, -0.05) is 35.9 Å². The van der Waals surface area contributed by atoms with E-state index in [1.54, 1.807) is 36.6 Å². The molecule has 0 saturated carbocycles. The highest BCUT2D eigenvalue weighted by Crippen LogP contribution is 2.37. The molecule has 35 heavy (non-hydrogen) atoms. The molecule has 0 aliphatic rings.